The van der Waals surface area contributed by atoms with Crippen LogP contribution in [0, 0.1) is 0 Å². The Morgan fingerprint density at radius 3 is 1.19 bits per heavy atom. The Morgan fingerprint density at radius 1 is 0.562 bits per heavy atom. The minimum absolute atomic E-state index is 0.787. The topological polar surface area (TPSA) is 0 Å². The van der Waals surface area contributed by atoms with E-state index in [-0.39, 0.29) is 0 Å². The molecule has 0 amide bonds. The molecule has 0 atom stereocenters. The largest absolute Gasteiger partial charge is 0.0843 e. The van der Waals surface area contributed by atoms with E-state index in [1.807, 2.05) is 24.3 Å². The van der Waals surface area contributed by atoms with Gasteiger partial charge in [-0.25, -0.2) is 0 Å². The lowest BCUT2D eigenvalue weighted by Crippen LogP contribution is -1.90. The molecule has 0 fully saturated rings. The molecule has 0 aliphatic heterocycles. The maximum atomic E-state index is 5.83. The van der Waals surface area contributed by atoms with Crippen LogP contribution in [0.3, 0.4) is 0 Å². The van der Waals surface area contributed by atoms with Crippen molar-refractivity contribution in [3.05, 3.63) is 69.7 Å². The van der Waals surface area contributed by atoms with Crippen LogP contribution in [-0.4, -0.2) is 0 Å². The molecule has 0 unspecified atom stereocenters. The summed E-state index contributed by atoms with van der Waals surface area (Å²) in [5, 5.41) is 1.57. The lowest BCUT2D eigenvalue weighted by atomic mass is 10.0. The molecular formula is C14H12Cl2. The normalized spacial score (nSPS) is 10.4. The van der Waals surface area contributed by atoms with Crippen molar-refractivity contribution < 1.29 is 0 Å². The molecule has 0 aliphatic rings. The molecule has 82 valence electrons. The van der Waals surface area contributed by atoms with Gasteiger partial charge in [-0.2, -0.15) is 0 Å². The maximum Gasteiger partial charge on any atom is 0.0406 e. The summed E-state index contributed by atoms with van der Waals surface area (Å²) >= 11 is 11.7. The van der Waals surface area contributed by atoms with Crippen LogP contribution in [0.5, 0.6) is 0 Å². The van der Waals surface area contributed by atoms with E-state index in [2.05, 4.69) is 24.3 Å². The zero-order chi connectivity index (χ0) is 11.4. The number of benzene rings is 2. The highest BCUT2D eigenvalue weighted by molar-refractivity contribution is 6.30. The van der Waals surface area contributed by atoms with Crippen molar-refractivity contribution >= 4 is 23.2 Å². The van der Waals surface area contributed by atoms with Gasteiger partial charge < -0.3 is 0 Å². The second-order valence-electron chi connectivity index (χ2n) is 3.75. The van der Waals surface area contributed by atoms with Crippen molar-refractivity contribution in [3.63, 3.8) is 0 Å². The lowest BCUT2D eigenvalue weighted by molar-refractivity contribution is 0.960. The van der Waals surface area contributed by atoms with E-state index in [9.17, 15) is 0 Å². The van der Waals surface area contributed by atoms with Gasteiger partial charge in [0.25, 0.3) is 0 Å². The third-order valence-electron chi connectivity index (χ3n) is 2.53. The van der Waals surface area contributed by atoms with Crippen molar-refractivity contribution in [3.8, 4) is 0 Å². The predicted molar refractivity (Wildman–Crippen MR) is 70.3 cm³/mol. The van der Waals surface area contributed by atoms with Crippen LogP contribution >= 0.6 is 23.2 Å². The van der Waals surface area contributed by atoms with Gasteiger partial charge in [0, 0.05) is 10.0 Å². The van der Waals surface area contributed by atoms with Crippen LogP contribution in [0.4, 0.5) is 0 Å². The van der Waals surface area contributed by atoms with Gasteiger partial charge in [0.1, 0.15) is 0 Å². The van der Waals surface area contributed by atoms with Crippen LogP contribution < -0.4 is 0 Å². The third-order valence-corrected chi connectivity index (χ3v) is 3.03. The minimum Gasteiger partial charge on any atom is -0.0843 e. The third kappa shape index (κ3) is 3.26. The van der Waals surface area contributed by atoms with Crippen LogP contribution in [0.25, 0.3) is 0 Å². The highest BCUT2D eigenvalue weighted by atomic mass is 35.5. The summed E-state index contributed by atoms with van der Waals surface area (Å²) in [5.41, 5.74) is 2.61. The summed E-state index contributed by atoms with van der Waals surface area (Å²) < 4.78 is 0. The fourth-order valence-corrected chi connectivity index (χ4v) is 1.84. The Hall–Kier alpha value is -0.980. The molecule has 0 heterocycles. The molecule has 0 spiro atoms. The Labute approximate surface area is 106 Å². The Morgan fingerprint density at radius 2 is 0.875 bits per heavy atom. The summed E-state index contributed by atoms with van der Waals surface area (Å²) in [6.07, 6.45) is 2.05. The average molecular weight is 251 g/mol. The van der Waals surface area contributed by atoms with Gasteiger partial charge in [0.15, 0.2) is 0 Å². The van der Waals surface area contributed by atoms with Crippen molar-refractivity contribution in [2.75, 3.05) is 0 Å². The molecule has 2 rings (SSSR count). The van der Waals surface area contributed by atoms with E-state index in [1.54, 1.807) is 0 Å². The minimum atomic E-state index is 0.787. The van der Waals surface area contributed by atoms with Gasteiger partial charge in [-0.05, 0) is 48.2 Å². The molecule has 0 saturated heterocycles. The number of halogens is 2. The van der Waals surface area contributed by atoms with E-state index in [1.165, 1.54) is 11.1 Å². The first-order chi connectivity index (χ1) is 7.74. The van der Waals surface area contributed by atoms with E-state index in [4.69, 9.17) is 23.2 Å². The summed E-state index contributed by atoms with van der Waals surface area (Å²) in [6.45, 7) is 0. The molecule has 0 N–H and O–H groups in total. The quantitative estimate of drug-likeness (QED) is 0.736. The second kappa shape index (κ2) is 5.38. The summed E-state index contributed by atoms with van der Waals surface area (Å²) in [4.78, 5) is 0. The molecule has 0 nitrogen and oxygen atoms in total. The lowest BCUT2D eigenvalue weighted by Gasteiger charge is -2.02. The van der Waals surface area contributed by atoms with Gasteiger partial charge >= 0.3 is 0 Å². The van der Waals surface area contributed by atoms with Crippen molar-refractivity contribution in [1.29, 1.82) is 0 Å². The Kier molecular flexibility index (Phi) is 3.87. The van der Waals surface area contributed by atoms with Gasteiger partial charge in [0.2, 0.25) is 0 Å². The first kappa shape index (κ1) is 11.5. The van der Waals surface area contributed by atoms with Gasteiger partial charge in [-0.1, -0.05) is 47.5 Å². The first-order valence-corrected chi connectivity index (χ1v) is 5.98. The van der Waals surface area contributed by atoms with Gasteiger partial charge in [-0.15, -0.1) is 0 Å². The zero-order valence-corrected chi connectivity index (χ0v) is 10.3. The maximum absolute atomic E-state index is 5.83. The van der Waals surface area contributed by atoms with Crippen LogP contribution in [0.15, 0.2) is 48.5 Å². The fourth-order valence-electron chi connectivity index (χ4n) is 1.59. The van der Waals surface area contributed by atoms with Crippen molar-refractivity contribution in [2.45, 2.75) is 12.8 Å². The monoisotopic (exact) mass is 250 g/mol. The van der Waals surface area contributed by atoms with Crippen LogP contribution in [-0.2, 0) is 12.8 Å². The molecule has 0 aromatic heterocycles. The highest BCUT2D eigenvalue weighted by Gasteiger charge is 1.96. The molecule has 0 bridgehead atoms. The molecule has 0 radical (unpaired) electrons. The Balaban J connectivity index is 1.97. The van der Waals surface area contributed by atoms with E-state index in [0.29, 0.717) is 0 Å². The summed E-state index contributed by atoms with van der Waals surface area (Å²) in [6, 6.07) is 16.0. The number of rotatable bonds is 3. The van der Waals surface area contributed by atoms with Crippen molar-refractivity contribution in [1.82, 2.24) is 0 Å². The number of hydrogen-bond acceptors (Lipinski definition) is 0. The second-order valence-corrected chi connectivity index (χ2v) is 4.63. The predicted octanol–water partition coefficient (Wildman–Crippen LogP) is 4.78. The smallest absolute Gasteiger partial charge is 0.0406 e. The first-order valence-electron chi connectivity index (χ1n) is 5.23. The molecule has 2 aromatic rings. The summed E-state index contributed by atoms with van der Waals surface area (Å²) in [5.74, 6) is 0. The highest BCUT2D eigenvalue weighted by Crippen LogP contribution is 2.14. The number of aryl methyl sites for hydroxylation is 2. The zero-order valence-electron chi connectivity index (χ0n) is 8.79. The van der Waals surface area contributed by atoms with E-state index in [0.717, 1.165) is 22.9 Å². The molecule has 0 saturated carbocycles. The molecular weight excluding hydrogens is 239 g/mol. The van der Waals surface area contributed by atoms with Gasteiger partial charge in [-0.3, -0.25) is 0 Å². The molecule has 0 aliphatic carbocycles. The van der Waals surface area contributed by atoms with Crippen LogP contribution in [0.2, 0.25) is 10.0 Å². The van der Waals surface area contributed by atoms with E-state index >= 15 is 0 Å². The Bertz CT molecular complexity index is 398. The molecule has 16 heavy (non-hydrogen) atoms. The number of hydrogen-bond donors (Lipinski definition) is 0. The summed E-state index contributed by atoms with van der Waals surface area (Å²) in [7, 11) is 0. The fraction of sp³-hybridized carbons (Fsp3) is 0.143. The standard InChI is InChI=1S/C14H12Cl2/c15-13-7-3-11(4-8-13)1-2-12-5-9-14(16)10-6-12/h3-10H,1-2H2. The van der Waals surface area contributed by atoms with Gasteiger partial charge in [0.05, 0.1) is 0 Å². The van der Waals surface area contributed by atoms with Crippen molar-refractivity contribution in [2.24, 2.45) is 0 Å². The average Bonchev–Trinajstić information content (AvgIpc) is 2.30. The van der Waals surface area contributed by atoms with Crippen LogP contribution in [0.1, 0.15) is 11.1 Å². The SMILES string of the molecule is Clc1ccc(CCc2ccc(Cl)cc2)cc1. The molecule has 2 aromatic carbocycles. The molecule has 2 heteroatoms. The van der Waals surface area contributed by atoms with E-state index < -0.39 is 0 Å².